The fourth-order valence-electron chi connectivity index (χ4n) is 2.24. The summed E-state index contributed by atoms with van der Waals surface area (Å²) in [5, 5.41) is 6.05. The van der Waals surface area contributed by atoms with Crippen LogP contribution >= 0.6 is 24.6 Å². The topological polar surface area (TPSA) is 47.6 Å². The van der Waals surface area contributed by atoms with Gasteiger partial charge in [-0.15, -0.1) is 12.4 Å². The predicted molar refractivity (Wildman–Crippen MR) is 103 cm³/mol. The molecule has 23 heavy (non-hydrogen) atoms. The zero-order valence-electron chi connectivity index (χ0n) is 13.8. The van der Waals surface area contributed by atoms with E-state index in [4.69, 9.17) is 12.2 Å². The molecule has 2 N–H and O–H groups in total. The van der Waals surface area contributed by atoms with Gasteiger partial charge in [-0.25, -0.2) is 0 Å². The maximum atomic E-state index is 11.6. The number of thiocarbonyl (C=S) groups is 1. The van der Waals surface area contributed by atoms with Crippen LogP contribution in [0.2, 0.25) is 0 Å². The summed E-state index contributed by atoms with van der Waals surface area (Å²) in [6.45, 7) is 7.94. The molecule has 1 aromatic carbocycles. The van der Waals surface area contributed by atoms with Crippen LogP contribution in [-0.2, 0) is 4.79 Å². The van der Waals surface area contributed by atoms with Crippen molar-refractivity contribution < 1.29 is 4.79 Å². The third kappa shape index (κ3) is 5.97. The maximum Gasteiger partial charge on any atom is 0.228 e. The fourth-order valence-corrected chi connectivity index (χ4v) is 2.46. The van der Waals surface area contributed by atoms with Crippen molar-refractivity contribution in [3.05, 3.63) is 24.3 Å². The molecule has 0 radical (unpaired) electrons. The van der Waals surface area contributed by atoms with Crippen molar-refractivity contribution in [2.75, 3.05) is 43.4 Å². The zero-order chi connectivity index (χ0) is 16.1. The lowest BCUT2D eigenvalue weighted by Gasteiger charge is -2.34. The minimum absolute atomic E-state index is 0. The standard InChI is InChI=1S/C16H24N4OS.ClH/c1-12(2)15(21)18-16(22)17-13-4-6-14(7-5-13)20-10-8-19(3)9-11-20;/h4-7,12H,8-11H2,1-3H3,(H2,17,18,21,22);1H. The second-order valence-electron chi connectivity index (χ2n) is 5.94. The average Bonchev–Trinajstić information content (AvgIpc) is 2.48. The van der Waals surface area contributed by atoms with Gasteiger partial charge in [0.1, 0.15) is 0 Å². The van der Waals surface area contributed by atoms with Gasteiger partial charge in [-0.1, -0.05) is 13.8 Å². The van der Waals surface area contributed by atoms with E-state index in [1.165, 1.54) is 5.69 Å². The number of hydrogen-bond acceptors (Lipinski definition) is 4. The smallest absolute Gasteiger partial charge is 0.228 e. The van der Waals surface area contributed by atoms with Gasteiger partial charge in [0.15, 0.2) is 5.11 Å². The van der Waals surface area contributed by atoms with Gasteiger partial charge in [-0.05, 0) is 43.5 Å². The van der Waals surface area contributed by atoms with Gasteiger partial charge in [-0.3, -0.25) is 4.79 Å². The summed E-state index contributed by atoms with van der Waals surface area (Å²) in [7, 11) is 2.15. The lowest BCUT2D eigenvalue weighted by atomic mass is 10.2. The molecule has 1 aliphatic heterocycles. The Labute approximate surface area is 149 Å². The molecule has 1 amide bonds. The number of amides is 1. The molecule has 0 saturated carbocycles. The summed E-state index contributed by atoms with van der Waals surface area (Å²) in [5.41, 5.74) is 2.10. The van der Waals surface area contributed by atoms with Gasteiger partial charge in [0.2, 0.25) is 5.91 Å². The Morgan fingerprint density at radius 2 is 1.70 bits per heavy atom. The van der Waals surface area contributed by atoms with Crippen molar-refractivity contribution in [3.8, 4) is 0 Å². The molecule has 5 nitrogen and oxygen atoms in total. The van der Waals surface area contributed by atoms with Crippen LogP contribution < -0.4 is 15.5 Å². The van der Waals surface area contributed by atoms with Crippen LogP contribution in [-0.4, -0.2) is 49.1 Å². The maximum absolute atomic E-state index is 11.6. The van der Waals surface area contributed by atoms with Crippen molar-refractivity contribution >= 4 is 47.0 Å². The quantitative estimate of drug-likeness (QED) is 0.814. The summed E-state index contributed by atoms with van der Waals surface area (Å²) < 4.78 is 0. The summed E-state index contributed by atoms with van der Waals surface area (Å²) in [6.07, 6.45) is 0. The van der Waals surface area contributed by atoms with E-state index in [0.29, 0.717) is 5.11 Å². The molecule has 0 aromatic heterocycles. The van der Waals surface area contributed by atoms with E-state index in [1.807, 2.05) is 26.0 Å². The molecule has 128 valence electrons. The van der Waals surface area contributed by atoms with Crippen molar-refractivity contribution in [1.82, 2.24) is 10.2 Å². The van der Waals surface area contributed by atoms with Gasteiger partial charge in [-0.2, -0.15) is 0 Å². The summed E-state index contributed by atoms with van der Waals surface area (Å²) >= 11 is 5.14. The molecule has 7 heteroatoms. The largest absolute Gasteiger partial charge is 0.369 e. The van der Waals surface area contributed by atoms with Gasteiger partial charge < -0.3 is 20.4 Å². The first-order chi connectivity index (χ1) is 10.5. The first kappa shape index (κ1) is 19.7. The van der Waals surface area contributed by atoms with E-state index in [2.05, 4.69) is 39.6 Å². The Morgan fingerprint density at radius 3 is 2.22 bits per heavy atom. The molecule has 1 aromatic rings. The number of carbonyl (C=O) groups is 1. The molecule has 1 aliphatic rings. The molecular formula is C16H25ClN4OS. The molecule has 1 fully saturated rings. The minimum atomic E-state index is -0.0839. The Hall–Kier alpha value is -1.37. The van der Waals surface area contributed by atoms with E-state index in [9.17, 15) is 4.79 Å². The molecule has 0 unspecified atom stereocenters. The number of likely N-dealkylation sites (N-methyl/N-ethyl adjacent to an activating group) is 1. The SMILES string of the molecule is CC(C)C(=O)NC(=S)Nc1ccc(N2CCN(C)CC2)cc1.Cl. The van der Waals surface area contributed by atoms with Crippen LogP contribution in [0.4, 0.5) is 11.4 Å². The van der Waals surface area contributed by atoms with E-state index >= 15 is 0 Å². The number of anilines is 2. The summed E-state index contributed by atoms with van der Waals surface area (Å²) in [6, 6.07) is 8.14. The van der Waals surface area contributed by atoms with E-state index < -0.39 is 0 Å². The lowest BCUT2D eigenvalue weighted by Crippen LogP contribution is -2.44. The molecule has 2 rings (SSSR count). The highest BCUT2D eigenvalue weighted by molar-refractivity contribution is 7.80. The monoisotopic (exact) mass is 356 g/mol. The molecule has 1 heterocycles. The summed E-state index contributed by atoms with van der Waals surface area (Å²) in [4.78, 5) is 16.3. The van der Waals surface area contributed by atoms with Crippen LogP contribution in [0, 0.1) is 5.92 Å². The third-order valence-corrected chi connectivity index (χ3v) is 3.96. The van der Waals surface area contributed by atoms with Crippen molar-refractivity contribution in [1.29, 1.82) is 0 Å². The molecule has 0 atom stereocenters. The number of rotatable bonds is 3. The molecule has 0 aliphatic carbocycles. The highest BCUT2D eigenvalue weighted by Gasteiger charge is 2.14. The van der Waals surface area contributed by atoms with Crippen molar-refractivity contribution in [2.24, 2.45) is 5.92 Å². The number of piperazine rings is 1. The predicted octanol–water partition coefficient (Wildman–Crippen LogP) is 2.33. The summed E-state index contributed by atoms with van der Waals surface area (Å²) in [5.74, 6) is -0.161. The molecule has 0 bridgehead atoms. The second-order valence-corrected chi connectivity index (χ2v) is 6.34. The van der Waals surface area contributed by atoms with Crippen LogP contribution in [0.1, 0.15) is 13.8 Å². The van der Waals surface area contributed by atoms with Gasteiger partial charge in [0, 0.05) is 43.5 Å². The average molecular weight is 357 g/mol. The lowest BCUT2D eigenvalue weighted by molar-refractivity contribution is -0.122. The Bertz CT molecular complexity index is 527. The number of nitrogens with zero attached hydrogens (tertiary/aromatic N) is 2. The van der Waals surface area contributed by atoms with Gasteiger partial charge in [0.05, 0.1) is 0 Å². The third-order valence-electron chi connectivity index (χ3n) is 3.75. The second kappa shape index (κ2) is 9.05. The van der Waals surface area contributed by atoms with Crippen molar-refractivity contribution in [2.45, 2.75) is 13.8 Å². The van der Waals surface area contributed by atoms with Crippen LogP contribution in [0.15, 0.2) is 24.3 Å². The molecular weight excluding hydrogens is 332 g/mol. The van der Waals surface area contributed by atoms with E-state index in [0.717, 1.165) is 31.9 Å². The fraction of sp³-hybridized carbons (Fsp3) is 0.500. The minimum Gasteiger partial charge on any atom is -0.369 e. The Kier molecular flexibility index (Phi) is 7.75. The first-order valence-electron chi connectivity index (χ1n) is 7.61. The van der Waals surface area contributed by atoms with Crippen LogP contribution in [0.3, 0.4) is 0 Å². The first-order valence-corrected chi connectivity index (χ1v) is 8.02. The zero-order valence-corrected chi connectivity index (χ0v) is 15.5. The van der Waals surface area contributed by atoms with Crippen LogP contribution in [0.5, 0.6) is 0 Å². The normalized spacial score (nSPS) is 15.0. The Balaban J connectivity index is 0.00000264. The van der Waals surface area contributed by atoms with E-state index in [-0.39, 0.29) is 24.2 Å². The van der Waals surface area contributed by atoms with Crippen molar-refractivity contribution in [3.63, 3.8) is 0 Å². The van der Waals surface area contributed by atoms with Crippen LogP contribution in [0.25, 0.3) is 0 Å². The number of carbonyl (C=O) groups excluding carboxylic acids is 1. The van der Waals surface area contributed by atoms with Gasteiger partial charge >= 0.3 is 0 Å². The number of halogens is 1. The van der Waals surface area contributed by atoms with E-state index in [1.54, 1.807) is 0 Å². The van der Waals surface area contributed by atoms with Gasteiger partial charge in [0.25, 0.3) is 0 Å². The Morgan fingerprint density at radius 1 is 1.13 bits per heavy atom. The molecule has 0 spiro atoms. The highest BCUT2D eigenvalue weighted by Crippen LogP contribution is 2.19. The highest BCUT2D eigenvalue weighted by atomic mass is 35.5. The molecule has 1 saturated heterocycles. The number of nitrogens with one attached hydrogen (secondary N) is 2. The number of hydrogen-bond donors (Lipinski definition) is 2. The number of benzene rings is 1.